The summed E-state index contributed by atoms with van der Waals surface area (Å²) in [6.07, 6.45) is 0.525. The van der Waals surface area contributed by atoms with Gasteiger partial charge in [0.1, 0.15) is 12.2 Å². The molecule has 0 unspecified atom stereocenters. The van der Waals surface area contributed by atoms with Gasteiger partial charge in [-0.25, -0.2) is 4.79 Å². The molecule has 0 saturated carbocycles. The summed E-state index contributed by atoms with van der Waals surface area (Å²) < 4.78 is 5.76. The van der Waals surface area contributed by atoms with Crippen molar-refractivity contribution in [1.82, 2.24) is 10.2 Å². The van der Waals surface area contributed by atoms with Gasteiger partial charge in [-0.2, -0.15) is 0 Å². The molecule has 1 aromatic rings. The van der Waals surface area contributed by atoms with Gasteiger partial charge >= 0.3 is 6.03 Å². The first-order valence-corrected chi connectivity index (χ1v) is 8.47. The molecule has 24 heavy (non-hydrogen) atoms. The number of hydrogen-bond donors (Lipinski definition) is 4. The lowest BCUT2D eigenvalue weighted by Crippen LogP contribution is -2.50. The molecule has 0 bridgehead atoms. The Kier molecular flexibility index (Phi) is 5.68. The molecule has 7 heteroatoms. The molecule has 2 aliphatic rings. The minimum Gasteiger partial charge on any atom is -0.394 e. The Bertz CT molecular complexity index is 536. The van der Waals surface area contributed by atoms with Crippen LogP contribution < -0.4 is 10.6 Å². The van der Waals surface area contributed by atoms with Gasteiger partial charge in [0.2, 0.25) is 0 Å². The third kappa shape index (κ3) is 3.87. The lowest BCUT2D eigenvalue weighted by Gasteiger charge is -2.30. The number of aliphatic hydroxyl groups is 2. The number of anilines is 1. The van der Waals surface area contributed by atoms with Crippen molar-refractivity contribution in [3.8, 4) is 0 Å². The third-order valence-corrected chi connectivity index (χ3v) is 4.70. The Morgan fingerprint density at radius 3 is 2.58 bits per heavy atom. The SMILES string of the molecule is O=C(NC[C@@H]1O[C@@H](CO)[C@@H](O)[C@H]1N1CCCC1)Nc1ccccc1. The van der Waals surface area contributed by atoms with E-state index in [2.05, 4.69) is 15.5 Å². The van der Waals surface area contributed by atoms with E-state index in [9.17, 15) is 15.0 Å². The van der Waals surface area contributed by atoms with Gasteiger partial charge in [0.15, 0.2) is 0 Å². The van der Waals surface area contributed by atoms with E-state index >= 15 is 0 Å². The van der Waals surface area contributed by atoms with Crippen LogP contribution in [0.2, 0.25) is 0 Å². The highest BCUT2D eigenvalue weighted by Gasteiger charge is 2.46. The first kappa shape index (κ1) is 17.2. The van der Waals surface area contributed by atoms with E-state index in [-0.39, 0.29) is 31.3 Å². The number of ether oxygens (including phenoxy) is 1. The van der Waals surface area contributed by atoms with Crippen molar-refractivity contribution in [2.75, 3.05) is 31.6 Å². The third-order valence-electron chi connectivity index (χ3n) is 4.70. The lowest BCUT2D eigenvalue weighted by atomic mass is 10.0. The molecule has 2 amide bonds. The number of urea groups is 1. The average Bonchev–Trinajstić information content (AvgIpc) is 3.21. The van der Waals surface area contributed by atoms with Gasteiger partial charge in [0, 0.05) is 12.2 Å². The maximum atomic E-state index is 12.0. The maximum absolute atomic E-state index is 12.0. The molecule has 2 aliphatic heterocycles. The summed E-state index contributed by atoms with van der Waals surface area (Å²) in [5.41, 5.74) is 0.715. The van der Waals surface area contributed by atoms with Crippen molar-refractivity contribution in [1.29, 1.82) is 0 Å². The Labute approximate surface area is 141 Å². The normalized spacial score (nSPS) is 30.4. The number of hydrogen-bond acceptors (Lipinski definition) is 5. The minimum atomic E-state index is -0.739. The van der Waals surface area contributed by atoms with Gasteiger partial charge in [-0.3, -0.25) is 4.90 Å². The summed E-state index contributed by atoms with van der Waals surface area (Å²) in [5.74, 6) is 0. The number of likely N-dealkylation sites (tertiary alicyclic amines) is 1. The topological polar surface area (TPSA) is 94.1 Å². The second-order valence-electron chi connectivity index (χ2n) is 6.32. The number of rotatable bonds is 5. The van der Waals surface area contributed by atoms with Crippen molar-refractivity contribution >= 4 is 11.7 Å². The van der Waals surface area contributed by atoms with E-state index < -0.39 is 12.2 Å². The van der Waals surface area contributed by atoms with Crippen molar-refractivity contribution in [2.45, 2.75) is 37.2 Å². The van der Waals surface area contributed by atoms with Crippen LogP contribution in [-0.4, -0.2) is 71.7 Å². The van der Waals surface area contributed by atoms with Crippen LogP contribution in [-0.2, 0) is 4.74 Å². The first-order valence-electron chi connectivity index (χ1n) is 8.47. The number of carbonyl (C=O) groups is 1. The zero-order chi connectivity index (χ0) is 16.9. The molecule has 2 saturated heterocycles. The number of benzene rings is 1. The molecule has 132 valence electrons. The molecule has 3 rings (SSSR count). The second kappa shape index (κ2) is 7.94. The van der Waals surface area contributed by atoms with Crippen LogP contribution >= 0.6 is 0 Å². The summed E-state index contributed by atoms with van der Waals surface area (Å²) in [7, 11) is 0. The predicted octanol–water partition coefficient (Wildman–Crippen LogP) is 0.393. The smallest absolute Gasteiger partial charge is 0.319 e. The number of nitrogens with zero attached hydrogens (tertiary/aromatic N) is 1. The molecule has 0 aliphatic carbocycles. The molecule has 0 aromatic heterocycles. The van der Waals surface area contributed by atoms with E-state index in [1.54, 1.807) is 0 Å². The highest BCUT2D eigenvalue weighted by atomic mass is 16.5. The largest absolute Gasteiger partial charge is 0.394 e. The Balaban J connectivity index is 1.56. The molecule has 0 radical (unpaired) electrons. The molecule has 2 heterocycles. The summed E-state index contributed by atoms with van der Waals surface area (Å²) in [5, 5.41) is 25.4. The van der Waals surface area contributed by atoms with Crippen molar-refractivity contribution in [2.24, 2.45) is 0 Å². The van der Waals surface area contributed by atoms with E-state index in [0.717, 1.165) is 25.9 Å². The van der Waals surface area contributed by atoms with Gasteiger partial charge in [-0.1, -0.05) is 18.2 Å². The second-order valence-corrected chi connectivity index (χ2v) is 6.32. The Hall–Kier alpha value is -1.67. The van der Waals surface area contributed by atoms with Crippen molar-refractivity contribution in [3.63, 3.8) is 0 Å². The molecule has 2 fully saturated rings. The Morgan fingerprint density at radius 1 is 1.21 bits per heavy atom. The predicted molar refractivity (Wildman–Crippen MR) is 89.8 cm³/mol. The fourth-order valence-electron chi connectivity index (χ4n) is 3.53. The fraction of sp³-hybridized carbons (Fsp3) is 0.588. The van der Waals surface area contributed by atoms with Crippen LogP contribution in [0.5, 0.6) is 0 Å². The van der Waals surface area contributed by atoms with Crippen molar-refractivity contribution < 1.29 is 19.7 Å². The van der Waals surface area contributed by atoms with Crippen molar-refractivity contribution in [3.05, 3.63) is 30.3 Å². The van der Waals surface area contributed by atoms with Gasteiger partial charge in [-0.05, 0) is 38.1 Å². The van der Waals surface area contributed by atoms with Crippen LogP contribution in [0.3, 0.4) is 0 Å². The molecule has 4 atom stereocenters. The summed E-state index contributed by atoms with van der Waals surface area (Å²) in [4.78, 5) is 14.2. The minimum absolute atomic E-state index is 0.193. The van der Waals surface area contributed by atoms with Crippen LogP contribution in [0.15, 0.2) is 30.3 Å². The van der Waals surface area contributed by atoms with E-state index in [1.807, 2.05) is 30.3 Å². The number of amides is 2. The van der Waals surface area contributed by atoms with Crippen LogP contribution in [0.1, 0.15) is 12.8 Å². The number of para-hydroxylation sites is 1. The first-order chi connectivity index (χ1) is 11.7. The van der Waals surface area contributed by atoms with Crippen LogP contribution in [0.25, 0.3) is 0 Å². The monoisotopic (exact) mass is 335 g/mol. The summed E-state index contributed by atoms with van der Waals surface area (Å²) in [6.45, 7) is 1.89. The van der Waals surface area contributed by atoms with Gasteiger partial charge in [-0.15, -0.1) is 0 Å². The quantitative estimate of drug-likeness (QED) is 0.625. The fourth-order valence-corrected chi connectivity index (χ4v) is 3.53. The molecule has 1 aromatic carbocycles. The van der Waals surface area contributed by atoms with Gasteiger partial charge in [0.25, 0.3) is 0 Å². The van der Waals surface area contributed by atoms with Crippen LogP contribution in [0, 0.1) is 0 Å². The molecule has 4 N–H and O–H groups in total. The molecular formula is C17H25N3O4. The summed E-state index contributed by atoms with van der Waals surface area (Å²) in [6, 6.07) is 8.69. The zero-order valence-electron chi connectivity index (χ0n) is 13.6. The number of aliphatic hydroxyl groups excluding tert-OH is 2. The zero-order valence-corrected chi connectivity index (χ0v) is 13.6. The molecule has 0 spiro atoms. The number of nitrogens with one attached hydrogen (secondary N) is 2. The van der Waals surface area contributed by atoms with E-state index in [4.69, 9.17) is 4.74 Å². The molecular weight excluding hydrogens is 310 g/mol. The standard InChI is InChI=1S/C17H25N3O4/c21-11-14-16(22)15(20-8-4-5-9-20)13(24-14)10-18-17(23)19-12-6-2-1-3-7-12/h1-3,6-7,13-16,21-22H,4-5,8-11H2,(H2,18,19,23)/t13-,14-,15-,16+/m0/s1. The van der Waals surface area contributed by atoms with E-state index in [1.165, 1.54) is 0 Å². The summed E-state index contributed by atoms with van der Waals surface area (Å²) >= 11 is 0. The maximum Gasteiger partial charge on any atom is 0.319 e. The average molecular weight is 335 g/mol. The lowest BCUT2D eigenvalue weighted by molar-refractivity contribution is -0.0205. The van der Waals surface area contributed by atoms with E-state index in [0.29, 0.717) is 5.69 Å². The highest BCUT2D eigenvalue weighted by Crippen LogP contribution is 2.28. The highest BCUT2D eigenvalue weighted by molar-refractivity contribution is 5.89. The molecule has 7 nitrogen and oxygen atoms in total. The van der Waals surface area contributed by atoms with Gasteiger partial charge < -0.3 is 25.6 Å². The van der Waals surface area contributed by atoms with Gasteiger partial charge in [0.05, 0.1) is 18.8 Å². The Morgan fingerprint density at radius 2 is 1.92 bits per heavy atom. The number of carbonyl (C=O) groups excluding carboxylic acids is 1. The van der Waals surface area contributed by atoms with Crippen LogP contribution in [0.4, 0.5) is 10.5 Å².